The van der Waals surface area contributed by atoms with Gasteiger partial charge in [-0.15, -0.1) is 11.7 Å². The number of benzene rings is 2. The molecule has 5 nitrogen and oxygen atoms in total. The first kappa shape index (κ1) is 19.8. The molecule has 0 aliphatic carbocycles. The summed E-state index contributed by atoms with van der Waals surface area (Å²) < 4.78 is 2.73. The largest absolute Gasteiger partial charge is 0.346 e. The number of aromatic nitrogens is 3. The Kier molecular flexibility index (Phi) is 6.26. The van der Waals surface area contributed by atoms with E-state index < -0.39 is 0 Å². The molecule has 0 radical (unpaired) electrons. The van der Waals surface area contributed by atoms with Crippen molar-refractivity contribution in [1.82, 2.24) is 14.3 Å². The molecule has 0 saturated carbocycles. The zero-order chi connectivity index (χ0) is 20.1. The van der Waals surface area contributed by atoms with Gasteiger partial charge in [0.2, 0.25) is 0 Å². The van der Waals surface area contributed by atoms with Crippen molar-refractivity contribution in [3.63, 3.8) is 0 Å². The minimum Gasteiger partial charge on any atom is -0.298 e. The molecule has 3 rings (SSSR count). The van der Waals surface area contributed by atoms with Gasteiger partial charge in [0.05, 0.1) is 0 Å². The molecule has 6 heteroatoms. The SMILES string of the molecule is C=CCn1c(-c2ccc(Cl)cc2)nn(CC(=O)CCc2ccccc2C)c1=O. The van der Waals surface area contributed by atoms with Crippen molar-refractivity contribution >= 4 is 17.4 Å². The number of halogens is 1. The lowest BCUT2D eigenvalue weighted by atomic mass is 10.0. The minimum atomic E-state index is -0.325. The molecule has 144 valence electrons. The standard InChI is InChI=1S/C22H22ClN3O2/c1-3-14-25-21(18-8-11-19(23)12-9-18)24-26(22(25)28)15-20(27)13-10-17-7-5-4-6-16(17)2/h3-9,11-12H,1,10,13-15H2,2H3. The fourth-order valence-corrected chi connectivity index (χ4v) is 3.19. The Morgan fingerprint density at radius 1 is 1.18 bits per heavy atom. The van der Waals surface area contributed by atoms with Crippen LogP contribution in [0, 0.1) is 6.92 Å². The Labute approximate surface area is 168 Å². The van der Waals surface area contributed by atoms with Crippen LogP contribution in [0.25, 0.3) is 11.4 Å². The molecule has 1 heterocycles. The first-order valence-electron chi connectivity index (χ1n) is 9.10. The van der Waals surface area contributed by atoms with Gasteiger partial charge < -0.3 is 0 Å². The zero-order valence-electron chi connectivity index (χ0n) is 15.8. The Morgan fingerprint density at radius 2 is 1.89 bits per heavy atom. The number of ketones is 1. The van der Waals surface area contributed by atoms with E-state index in [2.05, 4.69) is 11.7 Å². The highest BCUT2D eigenvalue weighted by atomic mass is 35.5. The van der Waals surface area contributed by atoms with Crippen molar-refractivity contribution in [1.29, 1.82) is 0 Å². The molecule has 0 aliphatic heterocycles. The number of hydrogen-bond acceptors (Lipinski definition) is 3. The number of nitrogens with zero attached hydrogens (tertiary/aromatic N) is 3. The molecular formula is C22H22ClN3O2. The van der Waals surface area contributed by atoms with Crippen LogP contribution in [-0.2, 0) is 24.3 Å². The molecule has 2 aromatic carbocycles. The average Bonchev–Trinajstić information content (AvgIpc) is 2.98. The molecule has 28 heavy (non-hydrogen) atoms. The molecular weight excluding hydrogens is 374 g/mol. The Morgan fingerprint density at radius 3 is 2.57 bits per heavy atom. The third-order valence-electron chi connectivity index (χ3n) is 4.60. The summed E-state index contributed by atoms with van der Waals surface area (Å²) in [5.41, 5.74) is 2.73. The van der Waals surface area contributed by atoms with Gasteiger partial charge >= 0.3 is 5.69 Å². The summed E-state index contributed by atoms with van der Waals surface area (Å²) in [5.74, 6) is 0.463. The highest BCUT2D eigenvalue weighted by Gasteiger charge is 2.16. The second-order valence-electron chi connectivity index (χ2n) is 6.64. The molecule has 0 atom stereocenters. The van der Waals surface area contributed by atoms with Gasteiger partial charge in [0.1, 0.15) is 6.54 Å². The van der Waals surface area contributed by atoms with Crippen LogP contribution >= 0.6 is 11.6 Å². The number of Topliss-reactive ketones (excluding diaryl/α,β-unsaturated/α-hetero) is 1. The van der Waals surface area contributed by atoms with Crippen molar-refractivity contribution in [3.8, 4) is 11.4 Å². The van der Waals surface area contributed by atoms with Gasteiger partial charge in [-0.1, -0.05) is 41.9 Å². The summed E-state index contributed by atoms with van der Waals surface area (Å²) in [7, 11) is 0. The first-order chi connectivity index (χ1) is 13.5. The van der Waals surface area contributed by atoms with Gasteiger partial charge in [0, 0.05) is 23.6 Å². The Bertz CT molecular complexity index is 1050. The van der Waals surface area contributed by atoms with E-state index in [0.717, 1.165) is 16.7 Å². The molecule has 0 spiro atoms. The Hall–Kier alpha value is -2.92. The van der Waals surface area contributed by atoms with Crippen molar-refractivity contribution in [3.05, 3.63) is 87.8 Å². The van der Waals surface area contributed by atoms with E-state index in [-0.39, 0.29) is 18.0 Å². The first-order valence-corrected chi connectivity index (χ1v) is 9.48. The zero-order valence-corrected chi connectivity index (χ0v) is 16.5. The van der Waals surface area contributed by atoms with E-state index in [0.29, 0.717) is 30.2 Å². The van der Waals surface area contributed by atoms with Gasteiger partial charge in [-0.2, -0.15) is 0 Å². The minimum absolute atomic E-state index is 0.0312. The van der Waals surface area contributed by atoms with Crippen LogP contribution in [0.15, 0.2) is 66.0 Å². The maximum atomic E-state index is 12.7. The van der Waals surface area contributed by atoms with Crippen LogP contribution in [0.4, 0.5) is 0 Å². The smallest absolute Gasteiger partial charge is 0.298 e. The van der Waals surface area contributed by atoms with Crippen LogP contribution in [0.5, 0.6) is 0 Å². The highest BCUT2D eigenvalue weighted by Crippen LogP contribution is 2.19. The van der Waals surface area contributed by atoms with Gasteiger partial charge in [-0.3, -0.25) is 9.36 Å². The normalized spacial score (nSPS) is 10.8. The average molecular weight is 396 g/mol. The summed E-state index contributed by atoms with van der Waals surface area (Å²) in [6, 6.07) is 15.1. The lowest BCUT2D eigenvalue weighted by Crippen LogP contribution is -2.27. The fraction of sp³-hybridized carbons (Fsp3) is 0.227. The molecule has 0 fully saturated rings. The predicted molar refractivity (Wildman–Crippen MR) is 112 cm³/mol. The quantitative estimate of drug-likeness (QED) is 0.540. The van der Waals surface area contributed by atoms with Crippen LogP contribution in [0.2, 0.25) is 5.02 Å². The number of carbonyl (C=O) groups is 1. The Balaban J connectivity index is 1.80. The monoisotopic (exact) mass is 395 g/mol. The van der Waals surface area contributed by atoms with Gasteiger partial charge in [-0.25, -0.2) is 9.48 Å². The van der Waals surface area contributed by atoms with Crippen LogP contribution in [-0.4, -0.2) is 20.1 Å². The summed E-state index contributed by atoms with van der Waals surface area (Å²) >= 11 is 5.95. The maximum absolute atomic E-state index is 12.7. The molecule has 0 aliphatic rings. The molecule has 0 bridgehead atoms. The highest BCUT2D eigenvalue weighted by molar-refractivity contribution is 6.30. The van der Waals surface area contributed by atoms with Crippen LogP contribution in [0.1, 0.15) is 17.5 Å². The molecule has 0 N–H and O–H groups in total. The van der Waals surface area contributed by atoms with Crippen LogP contribution in [0.3, 0.4) is 0 Å². The van der Waals surface area contributed by atoms with E-state index >= 15 is 0 Å². The van der Waals surface area contributed by atoms with Crippen molar-refractivity contribution < 1.29 is 4.79 Å². The van der Waals surface area contributed by atoms with E-state index in [1.807, 2.05) is 31.2 Å². The van der Waals surface area contributed by atoms with Gasteiger partial charge in [-0.05, 0) is 48.7 Å². The summed E-state index contributed by atoms with van der Waals surface area (Å²) in [4.78, 5) is 25.2. The molecule has 0 amide bonds. The second kappa shape index (κ2) is 8.85. The van der Waals surface area contributed by atoms with Crippen LogP contribution < -0.4 is 5.69 Å². The van der Waals surface area contributed by atoms with E-state index in [4.69, 9.17) is 11.6 Å². The molecule has 0 saturated heterocycles. The lowest BCUT2D eigenvalue weighted by molar-refractivity contribution is -0.119. The predicted octanol–water partition coefficient (Wildman–Crippen LogP) is 4.06. The number of carbonyl (C=O) groups excluding carboxylic acids is 1. The molecule has 0 unspecified atom stereocenters. The summed E-state index contributed by atoms with van der Waals surface area (Å²) in [6.07, 6.45) is 2.65. The number of hydrogen-bond donors (Lipinski definition) is 0. The molecule has 3 aromatic rings. The fourth-order valence-electron chi connectivity index (χ4n) is 3.06. The van der Waals surface area contributed by atoms with Crippen molar-refractivity contribution in [2.75, 3.05) is 0 Å². The topological polar surface area (TPSA) is 56.9 Å². The lowest BCUT2D eigenvalue weighted by Gasteiger charge is -2.04. The maximum Gasteiger partial charge on any atom is 0.346 e. The third-order valence-corrected chi connectivity index (χ3v) is 4.85. The van der Waals surface area contributed by atoms with E-state index in [1.165, 1.54) is 9.25 Å². The number of rotatable bonds is 8. The van der Waals surface area contributed by atoms with E-state index in [9.17, 15) is 9.59 Å². The van der Waals surface area contributed by atoms with Gasteiger partial charge in [0.15, 0.2) is 11.6 Å². The number of aryl methyl sites for hydroxylation is 2. The molecule has 1 aromatic heterocycles. The van der Waals surface area contributed by atoms with Crippen molar-refractivity contribution in [2.45, 2.75) is 32.9 Å². The van der Waals surface area contributed by atoms with Crippen molar-refractivity contribution in [2.24, 2.45) is 0 Å². The summed E-state index contributed by atoms with van der Waals surface area (Å²) in [6.45, 7) is 6.00. The summed E-state index contributed by atoms with van der Waals surface area (Å²) in [5, 5.41) is 5.00. The second-order valence-corrected chi connectivity index (χ2v) is 7.07. The number of allylic oxidation sites excluding steroid dienone is 1. The van der Waals surface area contributed by atoms with E-state index in [1.54, 1.807) is 30.3 Å². The van der Waals surface area contributed by atoms with Gasteiger partial charge in [0.25, 0.3) is 0 Å². The third kappa shape index (κ3) is 4.49.